The number of aromatic nitrogens is 1. The Morgan fingerprint density at radius 2 is 2.50 bits per heavy atom. The third-order valence-electron chi connectivity index (χ3n) is 2.24. The summed E-state index contributed by atoms with van der Waals surface area (Å²) in [5.74, 6) is 1.58. The quantitative estimate of drug-likeness (QED) is 0.782. The molecule has 2 N–H and O–H groups in total. The Hall–Kier alpha value is -1.29. The first kappa shape index (κ1) is 9.27. The first-order valence-corrected chi connectivity index (χ1v) is 4.77. The number of nitrogens with zero attached hydrogens (tertiary/aromatic N) is 1. The van der Waals surface area contributed by atoms with Gasteiger partial charge in [0, 0.05) is 18.6 Å². The minimum Gasteiger partial charge on any atom is -0.477 e. The van der Waals surface area contributed by atoms with Gasteiger partial charge in [-0.15, -0.1) is 0 Å². The van der Waals surface area contributed by atoms with Crippen LogP contribution in [-0.4, -0.2) is 24.8 Å². The summed E-state index contributed by atoms with van der Waals surface area (Å²) in [4.78, 5) is 4.05. The molecule has 2 heterocycles. The average Bonchev–Trinajstić information content (AvgIpc) is 2.67. The van der Waals surface area contributed by atoms with E-state index in [1.807, 2.05) is 12.1 Å². The van der Waals surface area contributed by atoms with Crippen molar-refractivity contribution in [3.8, 4) is 5.88 Å². The average molecular weight is 194 g/mol. The third-order valence-corrected chi connectivity index (χ3v) is 2.24. The van der Waals surface area contributed by atoms with Crippen LogP contribution in [0.25, 0.3) is 0 Å². The molecule has 76 valence electrons. The zero-order chi connectivity index (χ0) is 9.80. The van der Waals surface area contributed by atoms with Crippen molar-refractivity contribution in [3.05, 3.63) is 18.2 Å². The lowest BCUT2D eigenvalue weighted by atomic mass is 10.1. The maximum absolute atomic E-state index is 5.53. The van der Waals surface area contributed by atoms with Gasteiger partial charge in [0.1, 0.15) is 5.82 Å². The molecular formula is C10H14N2O2. The zero-order valence-electron chi connectivity index (χ0n) is 7.98. The Morgan fingerprint density at radius 3 is 3.21 bits per heavy atom. The molecule has 0 aliphatic carbocycles. The summed E-state index contributed by atoms with van der Waals surface area (Å²) in [5.41, 5.74) is 5.53. The zero-order valence-corrected chi connectivity index (χ0v) is 7.98. The minimum atomic E-state index is 0.491. The number of ether oxygens (including phenoxy) is 2. The molecule has 0 spiro atoms. The molecule has 1 saturated heterocycles. The van der Waals surface area contributed by atoms with E-state index in [9.17, 15) is 0 Å². The highest BCUT2D eigenvalue weighted by molar-refractivity contribution is 5.31. The number of hydrogen-bond donors (Lipinski definition) is 1. The fourth-order valence-corrected chi connectivity index (χ4v) is 1.43. The highest BCUT2D eigenvalue weighted by atomic mass is 16.5. The fraction of sp³-hybridized carbons (Fsp3) is 0.500. The second-order valence-corrected chi connectivity index (χ2v) is 3.44. The number of hydrogen-bond acceptors (Lipinski definition) is 4. The predicted octanol–water partition coefficient (Wildman–Crippen LogP) is 1.08. The maximum Gasteiger partial charge on any atom is 0.215 e. The van der Waals surface area contributed by atoms with Gasteiger partial charge in [0.25, 0.3) is 0 Å². The van der Waals surface area contributed by atoms with E-state index in [1.54, 1.807) is 6.07 Å². The summed E-state index contributed by atoms with van der Waals surface area (Å²) in [6, 6.07) is 5.39. The van der Waals surface area contributed by atoms with Gasteiger partial charge in [0.15, 0.2) is 0 Å². The molecule has 1 fully saturated rings. The van der Waals surface area contributed by atoms with Gasteiger partial charge in [-0.05, 0) is 12.5 Å². The third kappa shape index (κ3) is 2.35. The van der Waals surface area contributed by atoms with Gasteiger partial charge >= 0.3 is 0 Å². The molecule has 0 unspecified atom stereocenters. The van der Waals surface area contributed by atoms with E-state index < -0.39 is 0 Å². The van der Waals surface area contributed by atoms with Gasteiger partial charge in [-0.2, -0.15) is 4.98 Å². The van der Waals surface area contributed by atoms with Crippen LogP contribution in [0.1, 0.15) is 6.42 Å². The molecule has 1 aliphatic heterocycles. The summed E-state index contributed by atoms with van der Waals surface area (Å²) in [5, 5.41) is 0. The molecule has 14 heavy (non-hydrogen) atoms. The molecule has 0 saturated carbocycles. The van der Waals surface area contributed by atoms with Crippen LogP contribution in [0, 0.1) is 5.92 Å². The van der Waals surface area contributed by atoms with Gasteiger partial charge in [-0.3, -0.25) is 0 Å². The molecular weight excluding hydrogens is 180 g/mol. The number of pyridine rings is 1. The minimum absolute atomic E-state index is 0.491. The van der Waals surface area contributed by atoms with Crippen LogP contribution in [0.4, 0.5) is 5.82 Å². The van der Waals surface area contributed by atoms with Crippen LogP contribution < -0.4 is 10.5 Å². The van der Waals surface area contributed by atoms with Crippen molar-refractivity contribution in [1.82, 2.24) is 4.98 Å². The molecule has 0 amide bonds. The molecule has 2 rings (SSSR count). The van der Waals surface area contributed by atoms with Crippen molar-refractivity contribution in [2.45, 2.75) is 6.42 Å². The van der Waals surface area contributed by atoms with Crippen molar-refractivity contribution in [2.24, 2.45) is 5.92 Å². The molecule has 0 bridgehead atoms. The first-order chi connectivity index (χ1) is 6.84. The van der Waals surface area contributed by atoms with Crippen molar-refractivity contribution < 1.29 is 9.47 Å². The topological polar surface area (TPSA) is 57.4 Å². The van der Waals surface area contributed by atoms with E-state index in [2.05, 4.69) is 4.98 Å². The van der Waals surface area contributed by atoms with E-state index in [0.29, 0.717) is 24.2 Å². The number of rotatable bonds is 3. The maximum atomic E-state index is 5.53. The summed E-state index contributed by atoms with van der Waals surface area (Å²) in [6.07, 6.45) is 1.07. The second kappa shape index (κ2) is 4.28. The smallest absolute Gasteiger partial charge is 0.215 e. The first-order valence-electron chi connectivity index (χ1n) is 4.77. The molecule has 0 radical (unpaired) electrons. The van der Waals surface area contributed by atoms with Crippen LogP contribution in [0.2, 0.25) is 0 Å². The van der Waals surface area contributed by atoms with Crippen LogP contribution in [0.5, 0.6) is 5.88 Å². The van der Waals surface area contributed by atoms with E-state index in [1.165, 1.54) is 0 Å². The number of anilines is 1. The Kier molecular flexibility index (Phi) is 2.84. The van der Waals surface area contributed by atoms with Gasteiger partial charge in [0.05, 0.1) is 13.2 Å². The van der Waals surface area contributed by atoms with Crippen LogP contribution >= 0.6 is 0 Å². The van der Waals surface area contributed by atoms with Crippen molar-refractivity contribution in [1.29, 1.82) is 0 Å². The molecule has 1 aromatic rings. The number of nitrogens with two attached hydrogens (primary N) is 1. The highest BCUT2D eigenvalue weighted by Gasteiger charge is 2.16. The lowest BCUT2D eigenvalue weighted by molar-refractivity contribution is 0.165. The van der Waals surface area contributed by atoms with Crippen molar-refractivity contribution >= 4 is 5.82 Å². The predicted molar refractivity (Wildman–Crippen MR) is 53.1 cm³/mol. The molecule has 0 aromatic carbocycles. The van der Waals surface area contributed by atoms with Gasteiger partial charge in [0.2, 0.25) is 5.88 Å². The van der Waals surface area contributed by atoms with E-state index in [4.69, 9.17) is 15.2 Å². The molecule has 1 aromatic heterocycles. The monoisotopic (exact) mass is 194 g/mol. The lowest BCUT2D eigenvalue weighted by Crippen LogP contribution is -2.12. The van der Waals surface area contributed by atoms with Gasteiger partial charge in [-0.25, -0.2) is 0 Å². The summed E-state index contributed by atoms with van der Waals surface area (Å²) in [6.45, 7) is 2.30. The Bertz CT molecular complexity index is 298. The second-order valence-electron chi connectivity index (χ2n) is 3.44. The molecule has 1 aliphatic rings. The molecule has 1 atom stereocenters. The van der Waals surface area contributed by atoms with Crippen molar-refractivity contribution in [3.63, 3.8) is 0 Å². The molecule has 4 nitrogen and oxygen atoms in total. The van der Waals surface area contributed by atoms with E-state index in [-0.39, 0.29) is 0 Å². The van der Waals surface area contributed by atoms with Crippen LogP contribution in [-0.2, 0) is 4.74 Å². The van der Waals surface area contributed by atoms with Crippen LogP contribution in [0.15, 0.2) is 18.2 Å². The molecule has 4 heteroatoms. The van der Waals surface area contributed by atoms with Gasteiger partial charge in [-0.1, -0.05) is 6.07 Å². The fourth-order valence-electron chi connectivity index (χ4n) is 1.43. The standard InChI is InChI=1S/C10H14N2O2/c11-9-2-1-3-10(12-9)14-7-8-4-5-13-6-8/h1-3,8H,4-7H2,(H2,11,12)/t8-/m1/s1. The SMILES string of the molecule is Nc1cccc(OC[C@@H]2CCOC2)n1. The van der Waals surface area contributed by atoms with Crippen LogP contribution in [0.3, 0.4) is 0 Å². The lowest BCUT2D eigenvalue weighted by Gasteiger charge is -2.09. The summed E-state index contributed by atoms with van der Waals surface area (Å²) >= 11 is 0. The highest BCUT2D eigenvalue weighted by Crippen LogP contribution is 2.15. The summed E-state index contributed by atoms with van der Waals surface area (Å²) in [7, 11) is 0. The Morgan fingerprint density at radius 1 is 1.57 bits per heavy atom. The number of nitrogen functional groups attached to an aromatic ring is 1. The Balaban J connectivity index is 1.85. The van der Waals surface area contributed by atoms with Crippen molar-refractivity contribution in [2.75, 3.05) is 25.6 Å². The Labute approximate surface area is 83.0 Å². The van der Waals surface area contributed by atoms with E-state index >= 15 is 0 Å². The largest absolute Gasteiger partial charge is 0.477 e. The normalized spacial score (nSPS) is 21.0. The summed E-state index contributed by atoms with van der Waals surface area (Å²) < 4.78 is 10.7. The van der Waals surface area contributed by atoms with E-state index in [0.717, 1.165) is 19.6 Å². The van der Waals surface area contributed by atoms with Gasteiger partial charge < -0.3 is 15.2 Å².